The van der Waals surface area contributed by atoms with Crippen LogP contribution in [0.4, 0.5) is 10.2 Å². The van der Waals surface area contributed by atoms with Crippen molar-refractivity contribution in [1.82, 2.24) is 19.8 Å². The number of aromatic nitrogens is 2. The number of aryl methyl sites for hydroxylation is 1. The number of anilines is 1. The Morgan fingerprint density at radius 3 is 2.56 bits per heavy atom. The number of carbonyl (C=O) groups excluding carboxylic acids is 2. The van der Waals surface area contributed by atoms with Gasteiger partial charge >= 0.3 is 0 Å². The van der Waals surface area contributed by atoms with Gasteiger partial charge in [0.25, 0.3) is 0 Å². The Morgan fingerprint density at radius 2 is 1.94 bits per heavy atom. The van der Waals surface area contributed by atoms with Gasteiger partial charge in [0, 0.05) is 58.6 Å². The quantitative estimate of drug-likeness (QED) is 0.630. The fraction of sp³-hybridized carbons (Fsp3) is 0.500. The smallest absolute Gasteiger partial charge is 0.223 e. The largest absolute Gasteiger partial charge is 0.363 e. The van der Waals surface area contributed by atoms with Gasteiger partial charge in [-0.05, 0) is 31.9 Å². The predicted octanol–water partition coefficient (Wildman–Crippen LogP) is 3.00. The van der Waals surface area contributed by atoms with E-state index in [-0.39, 0.29) is 42.6 Å². The van der Waals surface area contributed by atoms with E-state index >= 15 is 0 Å². The van der Waals surface area contributed by atoms with Crippen LogP contribution in [0, 0.1) is 5.82 Å². The van der Waals surface area contributed by atoms with Crippen LogP contribution in [-0.4, -0.2) is 65.3 Å². The van der Waals surface area contributed by atoms with Gasteiger partial charge in [0.15, 0.2) is 0 Å². The molecule has 1 aliphatic rings. The Balaban J connectivity index is 1.72. The van der Waals surface area contributed by atoms with E-state index in [0.717, 1.165) is 11.5 Å². The molecule has 0 saturated carbocycles. The fourth-order valence-electron chi connectivity index (χ4n) is 3.87. The monoisotopic (exact) mass is 441 g/mol. The number of hydrogen-bond donors (Lipinski definition) is 0. The van der Waals surface area contributed by atoms with E-state index in [1.807, 2.05) is 43.8 Å². The van der Waals surface area contributed by atoms with Gasteiger partial charge in [0.2, 0.25) is 11.8 Å². The average Bonchev–Trinajstić information content (AvgIpc) is 3.14. The zero-order valence-corrected chi connectivity index (χ0v) is 19.5. The first kappa shape index (κ1) is 23.6. The molecule has 0 unspecified atom stereocenters. The van der Waals surface area contributed by atoms with Crippen molar-refractivity contribution in [2.24, 2.45) is 0 Å². The van der Waals surface area contributed by atoms with E-state index in [9.17, 15) is 14.0 Å². The summed E-state index contributed by atoms with van der Waals surface area (Å²) in [6, 6.07) is 8.58. The third-order valence-electron chi connectivity index (χ3n) is 5.81. The maximum absolute atomic E-state index is 13.8. The van der Waals surface area contributed by atoms with Gasteiger partial charge in [0.05, 0.1) is 12.2 Å². The molecule has 1 aromatic carbocycles. The van der Waals surface area contributed by atoms with Crippen molar-refractivity contribution < 1.29 is 14.0 Å². The van der Waals surface area contributed by atoms with Crippen LogP contribution in [0.1, 0.15) is 49.7 Å². The minimum Gasteiger partial charge on any atom is -0.363 e. The lowest BCUT2D eigenvalue weighted by Gasteiger charge is -2.22. The number of nitrogens with zero attached hydrogens (tertiary/aromatic N) is 5. The summed E-state index contributed by atoms with van der Waals surface area (Å²) in [4.78, 5) is 39.7. The molecule has 0 spiro atoms. The Bertz CT molecular complexity index is 979. The van der Waals surface area contributed by atoms with Gasteiger partial charge in [-0.3, -0.25) is 9.59 Å². The molecule has 3 rings (SSSR count). The molecule has 0 aliphatic carbocycles. The summed E-state index contributed by atoms with van der Waals surface area (Å²) in [6.45, 7) is 4.91. The zero-order chi connectivity index (χ0) is 23.4. The molecule has 0 radical (unpaired) electrons. The molecule has 32 heavy (non-hydrogen) atoms. The van der Waals surface area contributed by atoms with Gasteiger partial charge in [-0.1, -0.05) is 18.2 Å². The molecular weight excluding hydrogens is 409 g/mol. The zero-order valence-electron chi connectivity index (χ0n) is 19.5. The lowest BCUT2D eigenvalue weighted by Crippen LogP contribution is -2.32. The molecule has 1 aromatic heterocycles. The van der Waals surface area contributed by atoms with E-state index in [4.69, 9.17) is 4.98 Å². The number of halogens is 1. The van der Waals surface area contributed by atoms with Crippen LogP contribution in [0.5, 0.6) is 0 Å². The van der Waals surface area contributed by atoms with Crippen molar-refractivity contribution in [3.05, 3.63) is 53.2 Å². The number of carbonyl (C=O) groups is 2. The molecule has 2 amide bonds. The van der Waals surface area contributed by atoms with Crippen molar-refractivity contribution in [1.29, 1.82) is 0 Å². The second-order valence-corrected chi connectivity index (χ2v) is 8.84. The maximum Gasteiger partial charge on any atom is 0.223 e. The lowest BCUT2D eigenvalue weighted by atomic mass is 10.0. The van der Waals surface area contributed by atoms with Crippen LogP contribution in [0.25, 0.3) is 0 Å². The van der Waals surface area contributed by atoms with Crippen LogP contribution >= 0.6 is 0 Å². The van der Waals surface area contributed by atoms with Gasteiger partial charge in [0.1, 0.15) is 17.5 Å². The molecule has 2 aromatic rings. The highest BCUT2D eigenvalue weighted by Crippen LogP contribution is 2.30. The standard InChI is InChI=1S/C24H32FN5O2/c1-16(2)30-14-18(12-24(30)32)20-13-22(28(3)4)27-21(26-20)15-29(5)23(31)11-10-17-8-6-7-9-19(17)25/h6-9,13,16,18H,10-12,14-15H2,1-5H3/t18-/m0/s1. The predicted molar refractivity (Wildman–Crippen MR) is 122 cm³/mol. The highest BCUT2D eigenvalue weighted by molar-refractivity contribution is 5.80. The highest BCUT2D eigenvalue weighted by atomic mass is 19.1. The maximum atomic E-state index is 13.8. The lowest BCUT2D eigenvalue weighted by molar-refractivity contribution is -0.130. The number of likely N-dealkylation sites (tertiary alicyclic amines) is 1. The molecular formula is C24H32FN5O2. The second kappa shape index (κ2) is 10.1. The molecule has 1 aliphatic heterocycles. The van der Waals surface area contributed by atoms with Gasteiger partial charge < -0.3 is 14.7 Å². The number of hydrogen-bond acceptors (Lipinski definition) is 5. The minimum atomic E-state index is -0.295. The number of rotatable bonds is 8. The molecule has 7 nitrogen and oxygen atoms in total. The Morgan fingerprint density at radius 1 is 1.22 bits per heavy atom. The molecule has 8 heteroatoms. The van der Waals surface area contributed by atoms with Crippen molar-refractivity contribution in [2.45, 2.75) is 51.6 Å². The minimum absolute atomic E-state index is 0.00686. The van der Waals surface area contributed by atoms with E-state index in [1.54, 1.807) is 30.1 Å². The first-order valence-electron chi connectivity index (χ1n) is 11.0. The summed E-state index contributed by atoms with van der Waals surface area (Å²) in [5.74, 6) is 1.02. The summed E-state index contributed by atoms with van der Waals surface area (Å²) < 4.78 is 13.8. The van der Waals surface area contributed by atoms with Crippen LogP contribution in [0.2, 0.25) is 0 Å². The van der Waals surface area contributed by atoms with Crippen LogP contribution < -0.4 is 4.90 Å². The van der Waals surface area contributed by atoms with E-state index < -0.39 is 0 Å². The van der Waals surface area contributed by atoms with Gasteiger partial charge in [-0.25, -0.2) is 14.4 Å². The molecule has 172 valence electrons. The molecule has 1 atom stereocenters. The second-order valence-electron chi connectivity index (χ2n) is 8.84. The van der Waals surface area contributed by atoms with Crippen LogP contribution in [0.15, 0.2) is 30.3 Å². The van der Waals surface area contributed by atoms with Gasteiger partial charge in [-0.15, -0.1) is 0 Å². The van der Waals surface area contributed by atoms with Gasteiger partial charge in [-0.2, -0.15) is 0 Å². The van der Waals surface area contributed by atoms with Crippen molar-refractivity contribution >= 4 is 17.6 Å². The van der Waals surface area contributed by atoms with Crippen molar-refractivity contribution in [3.8, 4) is 0 Å². The normalized spacial score (nSPS) is 16.0. The van der Waals surface area contributed by atoms with E-state index in [1.165, 1.54) is 6.07 Å². The van der Waals surface area contributed by atoms with Crippen molar-refractivity contribution in [2.75, 3.05) is 32.6 Å². The topological polar surface area (TPSA) is 69.6 Å². The fourth-order valence-corrected chi connectivity index (χ4v) is 3.87. The highest BCUT2D eigenvalue weighted by Gasteiger charge is 2.33. The SMILES string of the molecule is CC(C)N1C[C@@H](c2cc(N(C)C)nc(CN(C)C(=O)CCc3ccccc3F)n2)CC1=O. The summed E-state index contributed by atoms with van der Waals surface area (Å²) in [5, 5.41) is 0. The number of benzene rings is 1. The molecule has 1 fully saturated rings. The Labute approximate surface area is 189 Å². The summed E-state index contributed by atoms with van der Waals surface area (Å²) in [6.07, 6.45) is 0.978. The van der Waals surface area contributed by atoms with Crippen LogP contribution in [-0.2, 0) is 22.6 Å². The third-order valence-corrected chi connectivity index (χ3v) is 5.81. The summed E-state index contributed by atoms with van der Waals surface area (Å²) >= 11 is 0. The molecule has 2 heterocycles. The molecule has 0 bridgehead atoms. The first-order valence-corrected chi connectivity index (χ1v) is 11.0. The summed E-state index contributed by atoms with van der Waals surface area (Å²) in [5.41, 5.74) is 1.35. The third kappa shape index (κ3) is 5.60. The summed E-state index contributed by atoms with van der Waals surface area (Å²) in [7, 11) is 5.51. The van der Waals surface area contributed by atoms with E-state index in [2.05, 4.69) is 4.98 Å². The molecule has 0 N–H and O–H groups in total. The Kier molecular flexibility index (Phi) is 7.43. The van der Waals surface area contributed by atoms with E-state index in [0.29, 0.717) is 30.8 Å². The number of amides is 2. The van der Waals surface area contributed by atoms with Crippen molar-refractivity contribution in [3.63, 3.8) is 0 Å². The average molecular weight is 442 g/mol. The van der Waals surface area contributed by atoms with Crippen LogP contribution in [0.3, 0.4) is 0 Å². The molecule has 1 saturated heterocycles. The first-order chi connectivity index (χ1) is 15.2. The Hall–Kier alpha value is -3.03.